The average Bonchev–Trinajstić information content (AvgIpc) is 2.64. The molecule has 0 aliphatic heterocycles. The molecule has 0 saturated carbocycles. The molecule has 0 radical (unpaired) electrons. The van der Waals surface area contributed by atoms with Crippen LogP contribution in [0.1, 0.15) is 11.3 Å². The molecule has 0 fully saturated rings. The summed E-state index contributed by atoms with van der Waals surface area (Å²) >= 11 is 0. The molecule has 3 rings (SSSR count). The highest BCUT2D eigenvalue weighted by atomic mass is 19.4. The summed E-state index contributed by atoms with van der Waals surface area (Å²) in [6.07, 6.45) is -2.93. The number of benzene rings is 2. The van der Waals surface area contributed by atoms with Gasteiger partial charge in [-0.25, -0.2) is 4.79 Å². The molecule has 0 bridgehead atoms. The number of alkyl halides is 3. The van der Waals surface area contributed by atoms with E-state index in [1.807, 2.05) is 6.07 Å². The molecule has 2 aromatic carbocycles. The van der Waals surface area contributed by atoms with Crippen molar-refractivity contribution in [3.05, 3.63) is 53.9 Å². The van der Waals surface area contributed by atoms with Crippen LogP contribution in [0.3, 0.4) is 0 Å². The lowest BCUT2D eigenvalue weighted by Crippen LogP contribution is -2.21. The SMILES string of the molecule is COc1cc2ccnc(Cc3ccc(O)c(O)c3)c2cc1O.O=C(O)C(F)(F)F. The molecule has 3 aromatic rings. The summed E-state index contributed by atoms with van der Waals surface area (Å²) in [6, 6.07) is 9.88. The highest BCUT2D eigenvalue weighted by molar-refractivity contribution is 5.88. The van der Waals surface area contributed by atoms with E-state index >= 15 is 0 Å². The molecule has 4 N–H and O–H groups in total. The number of rotatable bonds is 3. The third kappa shape index (κ3) is 5.41. The number of aromatic hydroxyl groups is 3. The molecule has 1 aromatic heterocycles. The van der Waals surface area contributed by atoms with E-state index in [4.69, 9.17) is 14.6 Å². The first-order valence-corrected chi connectivity index (χ1v) is 7.98. The zero-order chi connectivity index (χ0) is 21.8. The van der Waals surface area contributed by atoms with E-state index in [1.54, 1.807) is 24.4 Å². The lowest BCUT2D eigenvalue weighted by Gasteiger charge is -2.09. The number of aromatic nitrogens is 1. The largest absolute Gasteiger partial charge is 0.504 e. The molecule has 0 atom stereocenters. The minimum absolute atomic E-state index is 0.0535. The molecule has 0 amide bonds. The number of phenolic OH excluding ortho intramolecular Hbond substituents is 3. The lowest BCUT2D eigenvalue weighted by molar-refractivity contribution is -0.192. The number of ether oxygens (including phenoxy) is 1. The van der Waals surface area contributed by atoms with Crippen LogP contribution in [0.5, 0.6) is 23.0 Å². The first kappa shape index (κ1) is 21.6. The van der Waals surface area contributed by atoms with Gasteiger partial charge in [0.25, 0.3) is 0 Å². The minimum atomic E-state index is -5.08. The fourth-order valence-electron chi connectivity index (χ4n) is 2.43. The van der Waals surface area contributed by atoms with Gasteiger partial charge in [0.05, 0.1) is 12.8 Å². The molecule has 0 spiro atoms. The normalized spacial score (nSPS) is 10.9. The Hall–Kier alpha value is -3.69. The molecule has 29 heavy (non-hydrogen) atoms. The van der Waals surface area contributed by atoms with Crippen molar-refractivity contribution < 1.29 is 43.1 Å². The van der Waals surface area contributed by atoms with Gasteiger partial charge in [-0.1, -0.05) is 6.07 Å². The van der Waals surface area contributed by atoms with Gasteiger partial charge in [0.1, 0.15) is 0 Å². The van der Waals surface area contributed by atoms with Crippen LogP contribution in [0.2, 0.25) is 0 Å². The third-order valence-corrected chi connectivity index (χ3v) is 3.80. The molecular formula is C19H16F3NO6. The van der Waals surface area contributed by atoms with Crippen LogP contribution >= 0.6 is 0 Å². The Kier molecular flexibility index (Phi) is 6.37. The lowest BCUT2D eigenvalue weighted by atomic mass is 10.0. The number of fused-ring (bicyclic) bond motifs is 1. The van der Waals surface area contributed by atoms with Crippen LogP contribution in [0.15, 0.2) is 42.6 Å². The van der Waals surface area contributed by atoms with Gasteiger partial charge in [0.15, 0.2) is 23.0 Å². The Morgan fingerprint density at radius 2 is 1.69 bits per heavy atom. The number of methoxy groups -OCH3 is 1. The Balaban J connectivity index is 0.000000370. The second kappa shape index (κ2) is 8.55. The zero-order valence-electron chi connectivity index (χ0n) is 14.9. The van der Waals surface area contributed by atoms with E-state index in [0.717, 1.165) is 22.0 Å². The number of carboxylic acids is 1. The van der Waals surface area contributed by atoms with Gasteiger partial charge in [0.2, 0.25) is 0 Å². The fraction of sp³-hybridized carbons (Fsp3) is 0.158. The van der Waals surface area contributed by atoms with Crippen LogP contribution in [0.4, 0.5) is 13.2 Å². The van der Waals surface area contributed by atoms with Gasteiger partial charge in [-0.05, 0) is 41.3 Å². The number of carbonyl (C=O) groups is 1. The van der Waals surface area contributed by atoms with E-state index in [2.05, 4.69) is 4.98 Å². The van der Waals surface area contributed by atoms with Crippen LogP contribution in [0, 0.1) is 0 Å². The summed E-state index contributed by atoms with van der Waals surface area (Å²) in [6.45, 7) is 0. The van der Waals surface area contributed by atoms with Crippen molar-refractivity contribution in [3.63, 3.8) is 0 Å². The molecular weight excluding hydrogens is 395 g/mol. The number of pyridine rings is 1. The molecule has 154 valence electrons. The second-order valence-corrected chi connectivity index (χ2v) is 5.81. The number of nitrogens with zero attached hydrogens (tertiary/aromatic N) is 1. The van der Waals surface area contributed by atoms with Gasteiger partial charge < -0.3 is 25.2 Å². The Morgan fingerprint density at radius 3 is 2.24 bits per heavy atom. The van der Waals surface area contributed by atoms with Crippen LogP contribution in [0.25, 0.3) is 10.8 Å². The Morgan fingerprint density at radius 1 is 1.03 bits per heavy atom. The van der Waals surface area contributed by atoms with Crippen molar-refractivity contribution in [1.29, 1.82) is 0 Å². The predicted octanol–water partition coefficient (Wildman–Crippen LogP) is 3.58. The summed E-state index contributed by atoms with van der Waals surface area (Å²) < 4.78 is 36.8. The predicted molar refractivity (Wildman–Crippen MR) is 96.2 cm³/mol. The quantitative estimate of drug-likeness (QED) is 0.486. The summed E-state index contributed by atoms with van der Waals surface area (Å²) in [5, 5.41) is 37.7. The summed E-state index contributed by atoms with van der Waals surface area (Å²) in [4.78, 5) is 13.3. The van der Waals surface area contributed by atoms with E-state index in [9.17, 15) is 28.5 Å². The molecule has 7 nitrogen and oxygen atoms in total. The maximum atomic E-state index is 10.6. The molecule has 0 aliphatic carbocycles. The van der Waals surface area contributed by atoms with Crippen molar-refractivity contribution >= 4 is 16.7 Å². The topological polar surface area (TPSA) is 120 Å². The van der Waals surface area contributed by atoms with Gasteiger partial charge in [-0.2, -0.15) is 13.2 Å². The molecule has 0 saturated heterocycles. The van der Waals surface area contributed by atoms with Crippen molar-refractivity contribution in [2.24, 2.45) is 0 Å². The minimum Gasteiger partial charge on any atom is -0.504 e. The molecule has 0 aliphatic rings. The Bertz CT molecular complexity index is 1040. The van der Waals surface area contributed by atoms with Crippen LogP contribution < -0.4 is 4.74 Å². The first-order chi connectivity index (χ1) is 13.5. The second-order valence-electron chi connectivity index (χ2n) is 5.81. The van der Waals surface area contributed by atoms with Gasteiger partial charge in [-0.3, -0.25) is 4.98 Å². The fourth-order valence-corrected chi connectivity index (χ4v) is 2.43. The van der Waals surface area contributed by atoms with Crippen molar-refractivity contribution in [2.75, 3.05) is 7.11 Å². The third-order valence-electron chi connectivity index (χ3n) is 3.80. The van der Waals surface area contributed by atoms with Crippen LogP contribution in [-0.4, -0.2) is 44.7 Å². The van der Waals surface area contributed by atoms with Gasteiger partial charge in [0, 0.05) is 18.0 Å². The molecule has 0 unspecified atom stereocenters. The smallest absolute Gasteiger partial charge is 0.490 e. The maximum Gasteiger partial charge on any atom is 0.490 e. The Labute approximate surface area is 162 Å². The highest BCUT2D eigenvalue weighted by Crippen LogP contribution is 2.33. The maximum absolute atomic E-state index is 10.6. The number of hydrogen-bond donors (Lipinski definition) is 4. The number of hydrogen-bond acceptors (Lipinski definition) is 6. The van der Waals surface area contributed by atoms with Crippen molar-refractivity contribution in [3.8, 4) is 23.0 Å². The summed E-state index contributed by atoms with van der Waals surface area (Å²) in [5.41, 5.74) is 1.58. The zero-order valence-corrected chi connectivity index (χ0v) is 14.9. The number of phenols is 3. The molecule has 10 heteroatoms. The number of halogens is 3. The van der Waals surface area contributed by atoms with E-state index in [0.29, 0.717) is 12.2 Å². The van der Waals surface area contributed by atoms with E-state index in [-0.39, 0.29) is 17.2 Å². The number of aliphatic carboxylic acids is 1. The average molecular weight is 411 g/mol. The van der Waals surface area contributed by atoms with Gasteiger partial charge >= 0.3 is 12.1 Å². The molecule has 1 heterocycles. The van der Waals surface area contributed by atoms with Crippen molar-refractivity contribution in [1.82, 2.24) is 4.98 Å². The standard InChI is InChI=1S/C17H15NO4.C2HF3O2/c1-22-17-8-11-4-5-18-13(12(11)9-16(17)21)6-10-2-3-14(19)15(20)7-10;3-2(4,5)1(6)7/h2-5,7-9,19-21H,6H2,1H3;(H,6,7). The first-order valence-electron chi connectivity index (χ1n) is 7.98. The van der Waals surface area contributed by atoms with Crippen molar-refractivity contribution in [2.45, 2.75) is 12.6 Å². The monoisotopic (exact) mass is 411 g/mol. The summed E-state index contributed by atoms with van der Waals surface area (Å²) in [7, 11) is 1.50. The van der Waals surface area contributed by atoms with E-state index in [1.165, 1.54) is 19.2 Å². The van der Waals surface area contributed by atoms with Gasteiger partial charge in [-0.15, -0.1) is 0 Å². The summed E-state index contributed by atoms with van der Waals surface area (Å²) in [5.74, 6) is -2.61. The number of carboxylic acid groups (broad SMARTS) is 1. The highest BCUT2D eigenvalue weighted by Gasteiger charge is 2.38. The van der Waals surface area contributed by atoms with Crippen LogP contribution in [-0.2, 0) is 11.2 Å². The van der Waals surface area contributed by atoms with E-state index < -0.39 is 12.1 Å².